The molecule has 0 rings (SSSR count). The van der Waals surface area contributed by atoms with Gasteiger partial charge in [0, 0.05) is 7.11 Å². The van der Waals surface area contributed by atoms with Gasteiger partial charge in [0.05, 0.1) is 6.67 Å². The Bertz CT molecular complexity index is 134. The fraction of sp³-hybridized carbons (Fsp3) is 1.00. The smallest absolute Gasteiger partial charge is 0.341 e. The van der Waals surface area contributed by atoms with E-state index in [1.165, 1.54) is 12.8 Å². The maximum absolute atomic E-state index is 11.7. The quantitative estimate of drug-likeness (QED) is 0.363. The van der Waals surface area contributed by atoms with Crippen molar-refractivity contribution < 1.29 is 9.50 Å². The first-order valence-electron chi connectivity index (χ1n) is 5.63. The summed E-state index contributed by atoms with van der Waals surface area (Å²) in [6, 6.07) is -1.61. The van der Waals surface area contributed by atoms with Gasteiger partial charge in [0.15, 0.2) is 0 Å². The number of aliphatic hydroxyl groups is 1. The lowest BCUT2D eigenvalue weighted by Gasteiger charge is -2.06. The van der Waals surface area contributed by atoms with Crippen LogP contribution in [-0.2, 0) is 0 Å². The van der Waals surface area contributed by atoms with Gasteiger partial charge in [-0.2, -0.15) is 0 Å². The molecule has 0 saturated carbocycles. The fourth-order valence-corrected chi connectivity index (χ4v) is 3.16. The zero-order valence-electron chi connectivity index (χ0n) is 9.82. The van der Waals surface area contributed by atoms with E-state index in [1.54, 1.807) is 0 Å². The Labute approximate surface area is 113 Å². The highest BCUT2D eigenvalue weighted by Gasteiger charge is 2.23. The third-order valence-electron chi connectivity index (χ3n) is 2.09. The Morgan fingerprint density at radius 2 is 1.19 bits per heavy atom. The maximum atomic E-state index is 11.7. The van der Waals surface area contributed by atoms with Crippen molar-refractivity contribution in [2.75, 3.05) is 13.8 Å². The normalized spacial score (nSPS) is 10.9. The van der Waals surface area contributed by atoms with Gasteiger partial charge in [-0.15, -0.1) is 33.2 Å². The number of hydrogen-bond acceptors (Lipinski definition) is 1. The van der Waals surface area contributed by atoms with Crippen molar-refractivity contribution >= 4 is 39.2 Å². The molecule has 0 amide bonds. The molecule has 0 aliphatic heterocycles. The van der Waals surface area contributed by atoms with Crippen LogP contribution in [0.1, 0.15) is 44.9 Å². The topological polar surface area (TPSA) is 20.2 Å². The highest BCUT2D eigenvalue weighted by molar-refractivity contribution is 7.64. The molecule has 1 N–H and O–H groups in total. The van der Waals surface area contributed by atoms with Crippen LogP contribution in [0.15, 0.2) is 0 Å². The van der Waals surface area contributed by atoms with E-state index in [2.05, 4.69) is 0 Å². The molecule has 16 heavy (non-hydrogen) atoms. The predicted molar refractivity (Wildman–Crippen MR) is 74.6 cm³/mol. The molecule has 0 unspecified atom stereocenters. The first kappa shape index (κ1) is 19.3. The van der Waals surface area contributed by atoms with Crippen LogP contribution in [0, 0.1) is 0 Å². The predicted octanol–water partition coefficient (Wildman–Crippen LogP) is 4.95. The maximum Gasteiger partial charge on any atom is 0.341 e. The summed E-state index contributed by atoms with van der Waals surface area (Å²) in [6.45, 7) is -0.182. The summed E-state index contributed by atoms with van der Waals surface area (Å²) >= 11 is 17.2. The van der Waals surface area contributed by atoms with E-state index in [4.69, 9.17) is 38.3 Å². The molecule has 0 aliphatic rings. The number of rotatable bonds is 9. The van der Waals surface area contributed by atoms with Crippen LogP contribution in [0.25, 0.3) is 0 Å². The van der Waals surface area contributed by atoms with Gasteiger partial charge in [0.1, 0.15) is 0 Å². The summed E-state index contributed by atoms with van der Waals surface area (Å²) in [5.41, 5.74) is 0. The average Bonchev–Trinajstić information content (AvgIpc) is 2.23. The molecule has 0 heterocycles. The molecule has 0 aromatic rings. The van der Waals surface area contributed by atoms with Crippen LogP contribution in [0.5, 0.6) is 0 Å². The minimum atomic E-state index is -2.37. The lowest BCUT2D eigenvalue weighted by molar-refractivity contribution is 0.399. The molecule has 0 aromatic heterocycles. The Balaban J connectivity index is 0. The van der Waals surface area contributed by atoms with Crippen molar-refractivity contribution in [1.29, 1.82) is 0 Å². The number of hydrogen-bond donors (Lipinski definition) is 1. The first-order valence-corrected chi connectivity index (χ1v) is 10.9. The van der Waals surface area contributed by atoms with Gasteiger partial charge >= 0.3 is 6.00 Å². The van der Waals surface area contributed by atoms with Crippen LogP contribution < -0.4 is 0 Å². The molecule has 0 aliphatic carbocycles. The standard InChI is InChI=1S/C9H18Cl3FSi.CH4O/c10-14(11,12)9-7-5-3-1-2-4-6-8-13;1-2/h1-9H2;2H,1H3. The molecule has 1 nitrogen and oxygen atoms in total. The van der Waals surface area contributed by atoms with Gasteiger partial charge in [0.25, 0.3) is 0 Å². The molecular formula is C10H22Cl3FOSi. The van der Waals surface area contributed by atoms with Gasteiger partial charge in [-0.1, -0.05) is 38.5 Å². The van der Waals surface area contributed by atoms with Gasteiger partial charge in [-0.05, 0) is 12.5 Å². The number of alkyl halides is 1. The summed E-state index contributed by atoms with van der Waals surface area (Å²) < 4.78 is 11.7. The monoisotopic (exact) mass is 310 g/mol. The fourth-order valence-electron chi connectivity index (χ4n) is 1.30. The number of unbranched alkanes of at least 4 members (excludes halogenated alkanes) is 6. The second kappa shape index (κ2) is 14.0. The zero-order valence-corrected chi connectivity index (χ0v) is 13.1. The molecule has 6 heteroatoms. The highest BCUT2D eigenvalue weighted by Crippen LogP contribution is 2.27. The Kier molecular flexibility index (Phi) is 17.0. The van der Waals surface area contributed by atoms with Crippen LogP contribution in [-0.4, -0.2) is 24.9 Å². The summed E-state index contributed by atoms with van der Waals surface area (Å²) in [5.74, 6) is 0. The lowest BCUT2D eigenvalue weighted by atomic mass is 10.1. The molecule has 100 valence electrons. The van der Waals surface area contributed by atoms with E-state index < -0.39 is 6.00 Å². The first-order chi connectivity index (χ1) is 7.56. The summed E-state index contributed by atoms with van der Waals surface area (Å²) in [5, 5.41) is 7.00. The van der Waals surface area contributed by atoms with Crippen molar-refractivity contribution in [3.63, 3.8) is 0 Å². The SMILES string of the molecule is CO.FCCCCCCCCC[Si](Cl)(Cl)Cl. The Hall–Kier alpha value is 0.977. The third kappa shape index (κ3) is 20.4. The average molecular weight is 312 g/mol. The minimum Gasteiger partial charge on any atom is -0.400 e. The molecule has 0 spiro atoms. The molecule has 0 atom stereocenters. The zero-order chi connectivity index (χ0) is 12.9. The molecule has 0 aromatic carbocycles. The second-order valence-electron chi connectivity index (χ2n) is 3.53. The summed E-state index contributed by atoms with van der Waals surface area (Å²) in [6.07, 6.45) is 7.37. The lowest BCUT2D eigenvalue weighted by Crippen LogP contribution is -2.07. The highest BCUT2D eigenvalue weighted by atomic mass is 35.8. The molecule has 0 fully saturated rings. The van der Waals surface area contributed by atoms with Gasteiger partial charge in [0.2, 0.25) is 0 Å². The van der Waals surface area contributed by atoms with Crippen molar-refractivity contribution in [3.8, 4) is 0 Å². The Morgan fingerprint density at radius 3 is 1.56 bits per heavy atom. The summed E-state index contributed by atoms with van der Waals surface area (Å²) in [7, 11) is 1.00. The van der Waals surface area contributed by atoms with Crippen LogP contribution >= 0.6 is 33.2 Å². The largest absolute Gasteiger partial charge is 0.400 e. The van der Waals surface area contributed by atoms with E-state index in [-0.39, 0.29) is 6.67 Å². The van der Waals surface area contributed by atoms with Gasteiger partial charge < -0.3 is 5.11 Å². The minimum absolute atomic E-state index is 0.182. The van der Waals surface area contributed by atoms with E-state index in [1.807, 2.05) is 0 Å². The van der Waals surface area contributed by atoms with E-state index in [0.717, 1.165) is 38.8 Å². The van der Waals surface area contributed by atoms with Gasteiger partial charge in [-0.25, -0.2) is 0 Å². The Morgan fingerprint density at radius 1 is 0.812 bits per heavy atom. The van der Waals surface area contributed by atoms with Crippen molar-refractivity contribution in [2.45, 2.75) is 51.0 Å². The number of aliphatic hydroxyl groups excluding tert-OH is 1. The second-order valence-corrected chi connectivity index (χ2v) is 12.8. The molecule has 0 saturated heterocycles. The van der Waals surface area contributed by atoms with Gasteiger partial charge in [-0.3, -0.25) is 4.39 Å². The molecule has 0 radical (unpaired) electrons. The molecule has 0 bridgehead atoms. The van der Waals surface area contributed by atoms with E-state index in [0.29, 0.717) is 6.42 Å². The molecular weight excluding hydrogens is 290 g/mol. The van der Waals surface area contributed by atoms with Crippen LogP contribution in [0.2, 0.25) is 6.04 Å². The van der Waals surface area contributed by atoms with E-state index >= 15 is 0 Å². The summed E-state index contributed by atoms with van der Waals surface area (Å²) in [4.78, 5) is 0. The number of halogens is 4. The van der Waals surface area contributed by atoms with Crippen LogP contribution in [0.3, 0.4) is 0 Å². The van der Waals surface area contributed by atoms with Crippen molar-refractivity contribution in [2.24, 2.45) is 0 Å². The van der Waals surface area contributed by atoms with Crippen molar-refractivity contribution in [1.82, 2.24) is 0 Å². The van der Waals surface area contributed by atoms with E-state index in [9.17, 15) is 4.39 Å². The van der Waals surface area contributed by atoms with Crippen LogP contribution in [0.4, 0.5) is 4.39 Å². The third-order valence-corrected chi connectivity index (χ3v) is 4.72. The van der Waals surface area contributed by atoms with Crippen molar-refractivity contribution in [3.05, 3.63) is 0 Å².